The van der Waals surface area contributed by atoms with Gasteiger partial charge in [0.05, 0.1) is 10.0 Å². The number of hydrogen-bond acceptors (Lipinski definition) is 4. The third-order valence-corrected chi connectivity index (χ3v) is 3.57. The highest BCUT2D eigenvalue weighted by Crippen LogP contribution is 2.25. The molecular formula is C12H7Cl3N6O. The minimum atomic E-state index is -0.533. The van der Waals surface area contributed by atoms with E-state index in [0.29, 0.717) is 21.4 Å². The number of fused-ring (bicyclic) bond motifs is 1. The molecule has 0 unspecified atom stereocenters. The van der Waals surface area contributed by atoms with Crippen molar-refractivity contribution >= 4 is 58.1 Å². The van der Waals surface area contributed by atoms with Gasteiger partial charge in [-0.25, -0.2) is 4.79 Å². The van der Waals surface area contributed by atoms with Gasteiger partial charge in [0.15, 0.2) is 5.65 Å². The van der Waals surface area contributed by atoms with Crippen molar-refractivity contribution in [2.75, 3.05) is 10.6 Å². The number of halogens is 3. The number of amides is 2. The molecule has 0 atom stereocenters. The molecule has 2 heterocycles. The van der Waals surface area contributed by atoms with Crippen molar-refractivity contribution in [1.29, 1.82) is 0 Å². The first-order valence-electron chi connectivity index (χ1n) is 5.94. The lowest BCUT2D eigenvalue weighted by Crippen LogP contribution is -2.21. The molecule has 2 aromatic heterocycles. The summed E-state index contributed by atoms with van der Waals surface area (Å²) in [6.07, 6.45) is 0. The molecular weight excluding hydrogens is 351 g/mol. The summed E-state index contributed by atoms with van der Waals surface area (Å²) < 4.78 is 1.32. The van der Waals surface area contributed by atoms with Gasteiger partial charge in [0, 0.05) is 5.69 Å². The van der Waals surface area contributed by atoms with Gasteiger partial charge in [-0.2, -0.15) is 9.61 Å². The Morgan fingerprint density at radius 1 is 1.00 bits per heavy atom. The van der Waals surface area contributed by atoms with Crippen molar-refractivity contribution in [1.82, 2.24) is 19.8 Å². The van der Waals surface area contributed by atoms with E-state index in [0.717, 1.165) is 0 Å². The van der Waals surface area contributed by atoms with Gasteiger partial charge < -0.3 is 5.32 Å². The summed E-state index contributed by atoms with van der Waals surface area (Å²) in [4.78, 5) is 12.0. The smallest absolute Gasteiger partial charge is 0.308 e. The average molecular weight is 358 g/mol. The Morgan fingerprint density at radius 2 is 1.82 bits per heavy atom. The summed E-state index contributed by atoms with van der Waals surface area (Å²) in [5.74, 6) is 0.134. The largest absolute Gasteiger partial charge is 0.326 e. The predicted octanol–water partition coefficient (Wildman–Crippen LogP) is 3.73. The van der Waals surface area contributed by atoms with E-state index in [1.165, 1.54) is 10.6 Å². The zero-order chi connectivity index (χ0) is 15.7. The van der Waals surface area contributed by atoms with Gasteiger partial charge >= 0.3 is 6.03 Å². The summed E-state index contributed by atoms with van der Waals surface area (Å²) in [6.45, 7) is 0. The number of nitrogens with one attached hydrogen (secondary N) is 2. The zero-order valence-corrected chi connectivity index (χ0v) is 13.0. The molecule has 0 aliphatic rings. The molecule has 0 spiro atoms. The first-order chi connectivity index (χ1) is 10.5. The van der Waals surface area contributed by atoms with Crippen LogP contribution in [0.25, 0.3) is 5.65 Å². The highest BCUT2D eigenvalue weighted by Gasteiger charge is 2.11. The molecule has 10 heteroatoms. The summed E-state index contributed by atoms with van der Waals surface area (Å²) in [6, 6.07) is 7.39. The topological polar surface area (TPSA) is 84.2 Å². The van der Waals surface area contributed by atoms with Crippen LogP contribution in [0.15, 0.2) is 30.3 Å². The monoisotopic (exact) mass is 356 g/mol. The van der Waals surface area contributed by atoms with Crippen LogP contribution in [0.4, 0.5) is 16.4 Å². The van der Waals surface area contributed by atoms with Crippen molar-refractivity contribution in [2.45, 2.75) is 0 Å². The average Bonchev–Trinajstić information content (AvgIpc) is 2.85. The lowest BCUT2D eigenvalue weighted by molar-refractivity contribution is 0.262. The van der Waals surface area contributed by atoms with E-state index < -0.39 is 6.03 Å². The Hall–Kier alpha value is -2.09. The first-order valence-corrected chi connectivity index (χ1v) is 7.07. The molecule has 22 heavy (non-hydrogen) atoms. The zero-order valence-electron chi connectivity index (χ0n) is 10.7. The maximum atomic E-state index is 12.0. The molecule has 0 fully saturated rings. The number of aromatic nitrogens is 4. The lowest BCUT2D eigenvalue weighted by atomic mass is 10.3. The number of anilines is 2. The molecule has 0 radical (unpaired) electrons. The van der Waals surface area contributed by atoms with Crippen LogP contribution in [0, 0.1) is 0 Å². The Labute approximate surface area is 139 Å². The van der Waals surface area contributed by atoms with Crippen LogP contribution in [0.3, 0.4) is 0 Å². The molecule has 1 aromatic carbocycles. The molecule has 0 saturated heterocycles. The Balaban J connectivity index is 1.78. The van der Waals surface area contributed by atoms with Crippen LogP contribution in [0.1, 0.15) is 0 Å². The van der Waals surface area contributed by atoms with Crippen molar-refractivity contribution in [3.63, 3.8) is 0 Å². The van der Waals surface area contributed by atoms with Crippen molar-refractivity contribution in [3.8, 4) is 0 Å². The number of carbonyl (C=O) groups excluding carboxylic acids is 1. The van der Waals surface area contributed by atoms with Crippen LogP contribution in [-0.4, -0.2) is 25.8 Å². The molecule has 0 bridgehead atoms. The van der Waals surface area contributed by atoms with E-state index in [2.05, 4.69) is 25.9 Å². The normalized spacial score (nSPS) is 10.7. The van der Waals surface area contributed by atoms with Gasteiger partial charge in [-0.1, -0.05) is 34.8 Å². The minimum absolute atomic E-state index is 0.134. The second kappa shape index (κ2) is 5.96. The Morgan fingerprint density at radius 3 is 2.59 bits per heavy atom. The maximum absolute atomic E-state index is 12.0. The van der Waals surface area contributed by atoms with E-state index in [9.17, 15) is 4.79 Å². The fraction of sp³-hybridized carbons (Fsp3) is 0. The van der Waals surface area contributed by atoms with E-state index in [-0.39, 0.29) is 11.1 Å². The SMILES string of the molecule is O=C(Nc1ccc(Cl)c(Cl)c1)Nc1nnc2ccc(Cl)nn12. The third-order valence-electron chi connectivity index (χ3n) is 2.63. The Bertz CT molecular complexity index is 865. The van der Waals surface area contributed by atoms with Crippen LogP contribution < -0.4 is 10.6 Å². The molecule has 0 aliphatic carbocycles. The molecule has 0 saturated carbocycles. The molecule has 3 aromatic rings. The van der Waals surface area contributed by atoms with Gasteiger partial charge in [0.25, 0.3) is 5.95 Å². The molecule has 2 amide bonds. The second-order valence-electron chi connectivity index (χ2n) is 4.16. The maximum Gasteiger partial charge on any atom is 0.326 e. The number of nitrogens with zero attached hydrogens (tertiary/aromatic N) is 4. The second-order valence-corrected chi connectivity index (χ2v) is 5.36. The number of hydrogen-bond donors (Lipinski definition) is 2. The van der Waals surface area contributed by atoms with Crippen molar-refractivity contribution < 1.29 is 4.79 Å². The van der Waals surface area contributed by atoms with Crippen LogP contribution >= 0.6 is 34.8 Å². The highest BCUT2D eigenvalue weighted by molar-refractivity contribution is 6.42. The molecule has 7 nitrogen and oxygen atoms in total. The van der Waals surface area contributed by atoms with Crippen molar-refractivity contribution in [2.24, 2.45) is 0 Å². The van der Waals surface area contributed by atoms with Gasteiger partial charge in [-0.3, -0.25) is 5.32 Å². The fourth-order valence-electron chi connectivity index (χ4n) is 1.68. The van der Waals surface area contributed by atoms with Gasteiger partial charge in [-0.15, -0.1) is 10.2 Å². The standard InChI is InChI=1S/C12H7Cl3N6O/c13-7-2-1-6(5-8(7)14)16-12(22)17-11-19-18-10-4-3-9(15)20-21(10)11/h1-5H,(H2,16,17,19,22). The Kier molecular flexibility index (Phi) is 4.02. The molecule has 112 valence electrons. The summed E-state index contributed by atoms with van der Waals surface area (Å²) in [7, 11) is 0. The predicted molar refractivity (Wildman–Crippen MR) is 84.9 cm³/mol. The third kappa shape index (κ3) is 3.06. The first kappa shape index (κ1) is 14.8. The number of carbonyl (C=O) groups is 1. The summed E-state index contributed by atoms with van der Waals surface area (Å²) in [5.41, 5.74) is 0.931. The summed E-state index contributed by atoms with van der Waals surface area (Å²) in [5, 5.41) is 17.8. The molecule has 3 rings (SSSR count). The minimum Gasteiger partial charge on any atom is -0.308 e. The highest BCUT2D eigenvalue weighted by atomic mass is 35.5. The summed E-state index contributed by atoms with van der Waals surface area (Å²) >= 11 is 17.5. The van der Waals surface area contributed by atoms with Crippen molar-refractivity contribution in [3.05, 3.63) is 45.5 Å². The fourth-order valence-corrected chi connectivity index (χ4v) is 2.12. The van der Waals surface area contributed by atoms with Crippen LogP contribution in [-0.2, 0) is 0 Å². The molecule has 2 N–H and O–H groups in total. The lowest BCUT2D eigenvalue weighted by Gasteiger charge is -2.06. The van der Waals surface area contributed by atoms with Gasteiger partial charge in [0.2, 0.25) is 0 Å². The quantitative estimate of drug-likeness (QED) is 0.732. The number of urea groups is 1. The van der Waals surface area contributed by atoms with E-state index in [4.69, 9.17) is 34.8 Å². The van der Waals surface area contributed by atoms with Gasteiger partial charge in [0.1, 0.15) is 5.15 Å². The van der Waals surface area contributed by atoms with Gasteiger partial charge in [-0.05, 0) is 30.3 Å². The van der Waals surface area contributed by atoms with E-state index in [1.807, 2.05) is 0 Å². The van der Waals surface area contributed by atoms with Crippen LogP contribution in [0.5, 0.6) is 0 Å². The van der Waals surface area contributed by atoms with E-state index in [1.54, 1.807) is 24.3 Å². The van der Waals surface area contributed by atoms with E-state index >= 15 is 0 Å². The number of benzene rings is 1. The molecule has 0 aliphatic heterocycles. The number of rotatable bonds is 2. The van der Waals surface area contributed by atoms with Crippen LogP contribution in [0.2, 0.25) is 15.2 Å².